The third-order valence-electron chi connectivity index (χ3n) is 5.13. The molecule has 0 saturated carbocycles. The zero-order valence-corrected chi connectivity index (χ0v) is 17.1. The van der Waals surface area contributed by atoms with Gasteiger partial charge in [-0.05, 0) is 12.8 Å². The van der Waals surface area contributed by atoms with Gasteiger partial charge in [0.05, 0.1) is 7.11 Å². The molecule has 0 unspecified atom stereocenters. The maximum atomic E-state index is 11.0. The minimum absolute atomic E-state index is 0.106. The van der Waals surface area contributed by atoms with Gasteiger partial charge in [0.1, 0.15) is 24.3 Å². The molecule has 0 atom stereocenters. The van der Waals surface area contributed by atoms with E-state index < -0.39 is 5.41 Å². The van der Waals surface area contributed by atoms with Gasteiger partial charge in [-0.15, -0.1) is 0 Å². The highest BCUT2D eigenvalue weighted by Gasteiger charge is 2.27. The molecule has 0 amide bonds. The van der Waals surface area contributed by atoms with E-state index in [2.05, 4.69) is 4.74 Å². The fourth-order valence-corrected chi connectivity index (χ4v) is 3.18. The molecule has 5 nitrogen and oxygen atoms in total. The monoisotopic (exact) mass is 382 g/mol. The molecule has 5 heteroatoms. The van der Waals surface area contributed by atoms with Gasteiger partial charge in [0.15, 0.2) is 0 Å². The van der Waals surface area contributed by atoms with Crippen molar-refractivity contribution in [3.05, 3.63) is 0 Å². The maximum Gasteiger partial charge on any atom is 0.305 e. The second-order valence-corrected chi connectivity index (χ2v) is 7.49. The average molecular weight is 383 g/mol. The molecule has 0 heterocycles. The highest BCUT2D eigenvalue weighted by molar-refractivity contribution is 6.01. The van der Waals surface area contributed by atoms with Crippen LogP contribution >= 0.6 is 0 Å². The SMILES string of the molecule is COC(=O)CCCCCCCCCCCCCCCCC(C=O)(C=O)C=O. The van der Waals surface area contributed by atoms with Crippen LogP contribution in [0.2, 0.25) is 0 Å². The molecule has 0 fully saturated rings. The number of methoxy groups -OCH3 is 1. The van der Waals surface area contributed by atoms with E-state index in [1.807, 2.05) is 0 Å². The number of ether oxygens (including phenoxy) is 1. The minimum Gasteiger partial charge on any atom is -0.469 e. The summed E-state index contributed by atoms with van der Waals surface area (Å²) >= 11 is 0. The predicted octanol–water partition coefficient (Wildman–Crippen LogP) is 4.98. The van der Waals surface area contributed by atoms with E-state index in [0.717, 1.165) is 32.1 Å². The van der Waals surface area contributed by atoms with Gasteiger partial charge in [0, 0.05) is 6.42 Å². The second kappa shape index (κ2) is 17.9. The Hall–Kier alpha value is -1.52. The molecule has 0 spiro atoms. The van der Waals surface area contributed by atoms with Crippen molar-refractivity contribution in [3.63, 3.8) is 0 Å². The van der Waals surface area contributed by atoms with E-state index in [9.17, 15) is 19.2 Å². The summed E-state index contributed by atoms with van der Waals surface area (Å²) in [6.45, 7) is 0. The summed E-state index contributed by atoms with van der Waals surface area (Å²) in [5, 5.41) is 0. The van der Waals surface area contributed by atoms with Crippen LogP contribution in [0.5, 0.6) is 0 Å². The molecule has 0 radical (unpaired) electrons. The van der Waals surface area contributed by atoms with Crippen molar-refractivity contribution in [3.8, 4) is 0 Å². The average Bonchev–Trinajstić information content (AvgIpc) is 2.70. The van der Waals surface area contributed by atoms with Crippen LogP contribution in [0, 0.1) is 5.41 Å². The van der Waals surface area contributed by atoms with Gasteiger partial charge in [-0.3, -0.25) is 4.79 Å². The molecule has 0 aromatic heterocycles. The zero-order chi connectivity index (χ0) is 20.2. The standard InChI is InChI=1S/C22H38O5/c1-27-21(26)16-14-12-10-8-6-4-2-3-5-7-9-11-13-15-17-22(18-23,19-24)20-25/h18-20H,2-17H2,1H3. The van der Waals surface area contributed by atoms with Crippen LogP contribution in [0.1, 0.15) is 103 Å². The summed E-state index contributed by atoms with van der Waals surface area (Å²) in [6, 6.07) is 0. The Labute approximate surface area is 164 Å². The van der Waals surface area contributed by atoms with Gasteiger partial charge in [0.25, 0.3) is 0 Å². The Morgan fingerprint density at radius 1 is 0.630 bits per heavy atom. The van der Waals surface area contributed by atoms with E-state index in [1.165, 1.54) is 64.9 Å². The van der Waals surface area contributed by atoms with Crippen LogP contribution < -0.4 is 0 Å². The van der Waals surface area contributed by atoms with Gasteiger partial charge >= 0.3 is 5.97 Å². The van der Waals surface area contributed by atoms with Crippen molar-refractivity contribution in [2.75, 3.05) is 7.11 Å². The van der Waals surface area contributed by atoms with Crippen LogP contribution in [0.4, 0.5) is 0 Å². The largest absolute Gasteiger partial charge is 0.469 e. The lowest BCUT2D eigenvalue weighted by Gasteiger charge is -2.12. The number of rotatable bonds is 20. The summed E-state index contributed by atoms with van der Waals surface area (Å²) in [4.78, 5) is 43.4. The van der Waals surface area contributed by atoms with Crippen LogP contribution in [0.25, 0.3) is 0 Å². The van der Waals surface area contributed by atoms with Crippen molar-refractivity contribution in [1.29, 1.82) is 0 Å². The number of hydrogen-bond acceptors (Lipinski definition) is 5. The van der Waals surface area contributed by atoms with Crippen LogP contribution in [0.3, 0.4) is 0 Å². The van der Waals surface area contributed by atoms with Crippen LogP contribution in [-0.4, -0.2) is 31.9 Å². The van der Waals surface area contributed by atoms with Gasteiger partial charge in [-0.25, -0.2) is 0 Å². The van der Waals surface area contributed by atoms with Crippen molar-refractivity contribution < 1.29 is 23.9 Å². The van der Waals surface area contributed by atoms with Crippen molar-refractivity contribution in [2.24, 2.45) is 5.41 Å². The number of carbonyl (C=O) groups is 4. The third kappa shape index (κ3) is 14.2. The summed E-state index contributed by atoms with van der Waals surface area (Å²) in [5.41, 5.74) is -1.40. The molecule has 27 heavy (non-hydrogen) atoms. The lowest BCUT2D eigenvalue weighted by molar-refractivity contribution is -0.141. The number of carbonyl (C=O) groups excluding carboxylic acids is 4. The number of unbranched alkanes of at least 4 members (excludes halogenated alkanes) is 13. The van der Waals surface area contributed by atoms with E-state index >= 15 is 0 Å². The molecular weight excluding hydrogens is 344 g/mol. The molecule has 0 aromatic rings. The topological polar surface area (TPSA) is 77.5 Å². The van der Waals surface area contributed by atoms with Gasteiger partial charge in [-0.2, -0.15) is 0 Å². The number of aldehydes is 3. The first kappa shape index (κ1) is 25.5. The Balaban J connectivity index is 3.27. The first-order valence-corrected chi connectivity index (χ1v) is 10.6. The van der Waals surface area contributed by atoms with E-state index in [0.29, 0.717) is 31.7 Å². The molecule has 0 aromatic carbocycles. The highest BCUT2D eigenvalue weighted by Crippen LogP contribution is 2.19. The highest BCUT2D eigenvalue weighted by atomic mass is 16.5. The lowest BCUT2D eigenvalue weighted by atomic mass is 9.87. The summed E-state index contributed by atoms with van der Waals surface area (Å²) < 4.78 is 4.62. The smallest absolute Gasteiger partial charge is 0.305 e. The first-order valence-electron chi connectivity index (χ1n) is 10.6. The minimum atomic E-state index is -1.40. The van der Waals surface area contributed by atoms with E-state index in [4.69, 9.17) is 0 Å². The van der Waals surface area contributed by atoms with Crippen molar-refractivity contribution in [2.45, 2.75) is 103 Å². The van der Waals surface area contributed by atoms with Gasteiger partial charge in [0.2, 0.25) is 0 Å². The zero-order valence-electron chi connectivity index (χ0n) is 17.1. The van der Waals surface area contributed by atoms with Gasteiger partial charge < -0.3 is 19.1 Å². The van der Waals surface area contributed by atoms with Crippen molar-refractivity contribution in [1.82, 2.24) is 0 Å². The molecule has 0 saturated heterocycles. The molecule has 156 valence electrons. The van der Waals surface area contributed by atoms with Gasteiger partial charge in [-0.1, -0.05) is 83.5 Å². The van der Waals surface area contributed by atoms with Crippen molar-refractivity contribution >= 4 is 24.8 Å². The number of esters is 1. The fourth-order valence-electron chi connectivity index (χ4n) is 3.18. The predicted molar refractivity (Wildman–Crippen MR) is 107 cm³/mol. The Morgan fingerprint density at radius 3 is 1.30 bits per heavy atom. The van der Waals surface area contributed by atoms with Crippen LogP contribution in [0.15, 0.2) is 0 Å². The third-order valence-corrected chi connectivity index (χ3v) is 5.13. The molecule has 0 aliphatic heterocycles. The summed E-state index contributed by atoms with van der Waals surface area (Å²) in [5.74, 6) is -0.106. The number of hydrogen-bond donors (Lipinski definition) is 0. The normalized spacial score (nSPS) is 11.1. The van der Waals surface area contributed by atoms with E-state index in [1.54, 1.807) is 0 Å². The summed E-state index contributed by atoms with van der Waals surface area (Å²) in [7, 11) is 1.44. The molecular formula is C22H38O5. The summed E-state index contributed by atoms with van der Waals surface area (Å²) in [6.07, 6.45) is 18.4. The molecule has 0 aliphatic rings. The molecule has 0 rings (SSSR count). The van der Waals surface area contributed by atoms with Crippen LogP contribution in [-0.2, 0) is 23.9 Å². The molecule has 0 N–H and O–H groups in total. The molecule has 0 aliphatic carbocycles. The second-order valence-electron chi connectivity index (χ2n) is 7.49. The maximum absolute atomic E-state index is 11.0. The Bertz CT molecular complexity index is 384. The Kier molecular flexibility index (Phi) is 16.9. The fraction of sp³-hybridized carbons (Fsp3) is 0.818. The van der Waals surface area contributed by atoms with E-state index in [-0.39, 0.29) is 5.97 Å². The quantitative estimate of drug-likeness (QED) is 0.128. The molecule has 0 bridgehead atoms. The lowest BCUT2D eigenvalue weighted by Crippen LogP contribution is -2.26. The Morgan fingerprint density at radius 2 is 0.963 bits per heavy atom. The first-order chi connectivity index (χ1) is 13.1.